The number of hydrogen-bond donors (Lipinski definition) is 3. The third-order valence-electron chi connectivity index (χ3n) is 5.08. The van der Waals surface area contributed by atoms with Gasteiger partial charge in [-0.25, -0.2) is 0 Å². The summed E-state index contributed by atoms with van der Waals surface area (Å²) in [5.41, 5.74) is 1.11. The summed E-state index contributed by atoms with van der Waals surface area (Å²) < 4.78 is 0. The van der Waals surface area contributed by atoms with E-state index >= 15 is 0 Å². The van der Waals surface area contributed by atoms with Crippen LogP contribution in [0.1, 0.15) is 19.3 Å². The van der Waals surface area contributed by atoms with E-state index < -0.39 is 12.2 Å². The van der Waals surface area contributed by atoms with Crippen LogP contribution in [0.2, 0.25) is 0 Å². The second-order valence-electron chi connectivity index (χ2n) is 6.62. The van der Waals surface area contributed by atoms with Gasteiger partial charge in [0.1, 0.15) is 0 Å². The normalized spacial score (nSPS) is 31.2. The van der Waals surface area contributed by atoms with Crippen LogP contribution in [0.5, 0.6) is 0 Å². The quantitative estimate of drug-likeness (QED) is 0.630. The molecule has 23 heavy (non-hydrogen) atoms. The summed E-state index contributed by atoms with van der Waals surface area (Å²) in [4.78, 5) is 4.47. The number of aliphatic hydroxyl groups excluding tert-OH is 3. The van der Waals surface area contributed by atoms with E-state index in [9.17, 15) is 15.3 Å². The summed E-state index contributed by atoms with van der Waals surface area (Å²) in [6.45, 7) is 10.9. The van der Waals surface area contributed by atoms with Gasteiger partial charge in [-0.2, -0.15) is 0 Å². The van der Waals surface area contributed by atoms with Gasteiger partial charge in [0.25, 0.3) is 0 Å². The van der Waals surface area contributed by atoms with Crippen molar-refractivity contribution < 1.29 is 15.3 Å². The summed E-state index contributed by atoms with van der Waals surface area (Å²) in [5, 5.41) is 29.2. The Bertz CT molecular complexity index is 430. The Kier molecular flexibility index (Phi) is 6.84. The van der Waals surface area contributed by atoms with Crippen LogP contribution in [0, 0.1) is 5.92 Å². The summed E-state index contributed by atoms with van der Waals surface area (Å²) >= 11 is 0. The molecule has 5 heteroatoms. The summed E-state index contributed by atoms with van der Waals surface area (Å²) in [7, 11) is 0. The fourth-order valence-corrected chi connectivity index (χ4v) is 3.64. The zero-order valence-electron chi connectivity index (χ0n) is 13.8. The highest BCUT2D eigenvalue weighted by molar-refractivity contribution is 5.20. The Hall–Kier alpha value is -1.14. The van der Waals surface area contributed by atoms with Crippen molar-refractivity contribution in [2.24, 2.45) is 5.92 Å². The van der Waals surface area contributed by atoms with E-state index in [1.165, 1.54) is 0 Å². The molecule has 0 aromatic rings. The molecular formula is C18H30N2O3. The van der Waals surface area contributed by atoms with E-state index in [0.29, 0.717) is 18.9 Å². The molecule has 0 bridgehead atoms. The number of piperidine rings is 2. The minimum absolute atomic E-state index is 0.0330. The van der Waals surface area contributed by atoms with E-state index in [1.807, 2.05) is 12.2 Å². The minimum atomic E-state index is -0.718. The van der Waals surface area contributed by atoms with Crippen molar-refractivity contribution in [2.45, 2.75) is 37.5 Å². The highest BCUT2D eigenvalue weighted by Crippen LogP contribution is 2.25. The summed E-state index contributed by atoms with van der Waals surface area (Å²) in [6.07, 6.45) is 6.81. The smallest absolute Gasteiger partial charge is 0.0926 e. The van der Waals surface area contributed by atoms with Crippen LogP contribution in [-0.4, -0.2) is 76.2 Å². The highest BCUT2D eigenvalue weighted by Gasteiger charge is 2.34. The monoisotopic (exact) mass is 322 g/mol. The van der Waals surface area contributed by atoms with Gasteiger partial charge in [-0.1, -0.05) is 19.2 Å². The molecule has 1 unspecified atom stereocenters. The van der Waals surface area contributed by atoms with Crippen molar-refractivity contribution in [3.8, 4) is 0 Å². The maximum absolute atomic E-state index is 9.89. The van der Waals surface area contributed by atoms with Crippen molar-refractivity contribution in [3.05, 3.63) is 37.1 Å². The van der Waals surface area contributed by atoms with Gasteiger partial charge in [-0.05, 0) is 37.3 Å². The van der Waals surface area contributed by atoms with Gasteiger partial charge >= 0.3 is 0 Å². The predicted octanol–water partition coefficient (Wildman–Crippen LogP) is 0.743. The van der Waals surface area contributed by atoms with Crippen LogP contribution in [0.4, 0.5) is 0 Å². The molecular weight excluding hydrogens is 292 g/mol. The van der Waals surface area contributed by atoms with Gasteiger partial charge < -0.3 is 20.2 Å². The molecule has 2 rings (SSSR count). The summed E-state index contributed by atoms with van der Waals surface area (Å²) in [6, 6.07) is -0.0455. The zero-order valence-corrected chi connectivity index (χ0v) is 13.8. The molecule has 2 aliphatic heterocycles. The molecule has 3 N–H and O–H groups in total. The average molecular weight is 322 g/mol. The molecule has 0 aliphatic carbocycles. The number of likely N-dealkylation sites (tertiary alicyclic amines) is 2. The number of nitrogens with zero attached hydrogens (tertiary/aromatic N) is 2. The lowest BCUT2D eigenvalue weighted by Gasteiger charge is -2.43. The van der Waals surface area contributed by atoms with Crippen LogP contribution in [0.3, 0.4) is 0 Å². The number of allylic oxidation sites excluding steroid dienone is 3. The minimum Gasteiger partial charge on any atom is -0.395 e. The first-order valence-corrected chi connectivity index (χ1v) is 8.50. The molecule has 0 amide bonds. The number of aliphatic hydroxyl groups is 3. The van der Waals surface area contributed by atoms with Gasteiger partial charge in [-0.15, -0.1) is 0 Å². The largest absolute Gasteiger partial charge is 0.395 e. The molecule has 2 heterocycles. The van der Waals surface area contributed by atoms with Crippen LogP contribution >= 0.6 is 0 Å². The van der Waals surface area contributed by atoms with E-state index in [-0.39, 0.29) is 12.6 Å². The molecule has 2 aliphatic rings. The van der Waals surface area contributed by atoms with Crippen molar-refractivity contribution in [1.29, 1.82) is 0 Å². The molecule has 2 fully saturated rings. The van der Waals surface area contributed by atoms with Crippen molar-refractivity contribution in [3.63, 3.8) is 0 Å². The molecule has 0 spiro atoms. The standard InChI is InChI=1S/C18H30N2O3/c1-3-5-15(4-2)19-8-6-14(7-9-19)11-20-12-18(23)17(22)10-16(20)13-21/h3-5,14,16-18,21-23H,1-2,6-13H2/b15-5+/t16-,17?,18+/m1/s1. The van der Waals surface area contributed by atoms with Gasteiger partial charge in [0.15, 0.2) is 0 Å². The maximum Gasteiger partial charge on any atom is 0.0926 e. The Balaban J connectivity index is 1.87. The SMILES string of the molecule is C=C/C=C(\C=C)N1CCC(CN2C[C@H](O)C(O)C[C@@H]2CO)CC1. The Labute approximate surface area is 139 Å². The number of rotatable bonds is 6. The zero-order chi connectivity index (χ0) is 16.8. The van der Waals surface area contributed by atoms with Gasteiger partial charge in [-0.3, -0.25) is 4.90 Å². The molecule has 0 saturated carbocycles. The van der Waals surface area contributed by atoms with Crippen LogP contribution in [-0.2, 0) is 0 Å². The molecule has 3 atom stereocenters. The van der Waals surface area contributed by atoms with Crippen molar-refractivity contribution in [2.75, 3.05) is 32.8 Å². The predicted molar refractivity (Wildman–Crippen MR) is 91.9 cm³/mol. The number of hydrogen-bond acceptors (Lipinski definition) is 5. The number of β-amino-alcohol motifs (C(OH)–C–C–N with tert-alkyl or cyclic N) is 1. The molecule has 130 valence electrons. The van der Waals surface area contributed by atoms with E-state index in [4.69, 9.17) is 0 Å². The third kappa shape index (κ3) is 4.67. The molecule has 2 saturated heterocycles. The first-order valence-electron chi connectivity index (χ1n) is 8.50. The lowest BCUT2D eigenvalue weighted by atomic mass is 9.92. The highest BCUT2D eigenvalue weighted by atomic mass is 16.3. The Morgan fingerprint density at radius 1 is 1.13 bits per heavy atom. The molecule has 0 radical (unpaired) electrons. The van der Waals surface area contributed by atoms with E-state index in [1.54, 1.807) is 6.08 Å². The lowest BCUT2D eigenvalue weighted by Crippen LogP contribution is -2.55. The summed E-state index contributed by atoms with van der Waals surface area (Å²) in [5.74, 6) is 0.553. The topological polar surface area (TPSA) is 67.2 Å². The fraction of sp³-hybridized carbons (Fsp3) is 0.667. The van der Waals surface area contributed by atoms with Crippen LogP contribution < -0.4 is 0 Å². The average Bonchev–Trinajstić information content (AvgIpc) is 2.56. The van der Waals surface area contributed by atoms with Gasteiger partial charge in [0.05, 0.1) is 18.8 Å². The first-order chi connectivity index (χ1) is 11.1. The van der Waals surface area contributed by atoms with Crippen molar-refractivity contribution >= 4 is 0 Å². The second-order valence-corrected chi connectivity index (χ2v) is 6.62. The second kappa shape index (κ2) is 8.64. The van der Waals surface area contributed by atoms with E-state index in [0.717, 1.165) is 38.2 Å². The van der Waals surface area contributed by atoms with Crippen LogP contribution in [0.25, 0.3) is 0 Å². The Morgan fingerprint density at radius 2 is 1.83 bits per heavy atom. The molecule has 0 aromatic carbocycles. The van der Waals surface area contributed by atoms with Gasteiger partial charge in [0, 0.05) is 37.9 Å². The van der Waals surface area contributed by atoms with E-state index in [2.05, 4.69) is 23.0 Å². The van der Waals surface area contributed by atoms with Crippen LogP contribution in [0.15, 0.2) is 37.1 Å². The first kappa shape index (κ1) is 18.2. The maximum atomic E-state index is 9.89. The van der Waals surface area contributed by atoms with Gasteiger partial charge in [0.2, 0.25) is 0 Å². The molecule has 5 nitrogen and oxygen atoms in total. The lowest BCUT2D eigenvalue weighted by molar-refractivity contribution is -0.0760. The van der Waals surface area contributed by atoms with Crippen molar-refractivity contribution in [1.82, 2.24) is 9.80 Å². The molecule has 0 aromatic heterocycles. The fourth-order valence-electron chi connectivity index (χ4n) is 3.64. The Morgan fingerprint density at radius 3 is 2.39 bits per heavy atom. The third-order valence-corrected chi connectivity index (χ3v) is 5.08.